The molecule has 0 radical (unpaired) electrons. The SMILES string of the molecule is COc1cc2c(cc1-c1c(C)noc1C)cc(C(=O)N1CCC1)c(=O)n2CC(=O)c1ccc(Cl)cc1. The first-order chi connectivity index (χ1) is 17.3. The Bertz CT molecular complexity index is 1550. The fraction of sp³-hybridized carbons (Fsp3) is 0.259. The van der Waals surface area contributed by atoms with Crippen LogP contribution in [-0.4, -0.2) is 46.5 Å². The Balaban J connectivity index is 1.72. The van der Waals surface area contributed by atoms with Gasteiger partial charge in [-0.2, -0.15) is 0 Å². The first-order valence-electron chi connectivity index (χ1n) is 11.6. The zero-order valence-electron chi connectivity index (χ0n) is 20.1. The molecule has 3 heterocycles. The number of ether oxygens (including phenoxy) is 1. The summed E-state index contributed by atoms with van der Waals surface area (Å²) in [7, 11) is 1.53. The number of carbonyl (C=O) groups excluding carboxylic acids is 2. The second-order valence-electron chi connectivity index (χ2n) is 8.84. The van der Waals surface area contributed by atoms with E-state index in [9.17, 15) is 14.4 Å². The van der Waals surface area contributed by atoms with Crippen LogP contribution in [0.25, 0.3) is 22.0 Å². The van der Waals surface area contributed by atoms with Crippen LogP contribution in [0.3, 0.4) is 0 Å². The molecule has 0 N–H and O–H groups in total. The molecule has 0 bridgehead atoms. The molecule has 184 valence electrons. The number of rotatable bonds is 6. The zero-order chi connectivity index (χ0) is 25.6. The number of hydrogen-bond acceptors (Lipinski definition) is 6. The van der Waals surface area contributed by atoms with Gasteiger partial charge in [-0.05, 0) is 56.7 Å². The van der Waals surface area contributed by atoms with Crippen LogP contribution in [0.1, 0.15) is 38.6 Å². The predicted molar refractivity (Wildman–Crippen MR) is 136 cm³/mol. The maximum Gasteiger partial charge on any atom is 0.264 e. The molecule has 9 heteroatoms. The van der Waals surface area contributed by atoms with Gasteiger partial charge in [-0.1, -0.05) is 16.8 Å². The van der Waals surface area contributed by atoms with Crippen molar-refractivity contribution in [2.75, 3.05) is 20.2 Å². The Labute approximate surface area is 212 Å². The molecular formula is C27H24ClN3O5. The second kappa shape index (κ2) is 9.28. The van der Waals surface area contributed by atoms with Crippen molar-refractivity contribution in [2.24, 2.45) is 0 Å². The van der Waals surface area contributed by atoms with Crippen molar-refractivity contribution in [3.63, 3.8) is 0 Å². The Morgan fingerprint density at radius 1 is 1.11 bits per heavy atom. The Hall–Kier alpha value is -3.91. The molecule has 1 fully saturated rings. The number of methoxy groups -OCH3 is 1. The number of amides is 1. The van der Waals surface area contributed by atoms with E-state index in [1.54, 1.807) is 41.3 Å². The van der Waals surface area contributed by atoms with Gasteiger partial charge in [0.15, 0.2) is 5.78 Å². The van der Waals surface area contributed by atoms with E-state index in [1.807, 2.05) is 19.9 Å². The van der Waals surface area contributed by atoms with Gasteiger partial charge < -0.3 is 14.2 Å². The van der Waals surface area contributed by atoms with E-state index in [2.05, 4.69) is 5.16 Å². The number of halogens is 1. The van der Waals surface area contributed by atoms with Crippen LogP contribution in [0.15, 0.2) is 51.8 Å². The highest BCUT2D eigenvalue weighted by Crippen LogP contribution is 2.37. The number of Topliss-reactive ketones (excluding diaryl/α,β-unsaturated/α-hetero) is 1. The average Bonchev–Trinajstić information content (AvgIpc) is 3.16. The number of likely N-dealkylation sites (tertiary alicyclic amines) is 1. The van der Waals surface area contributed by atoms with E-state index < -0.39 is 5.56 Å². The quantitative estimate of drug-likeness (QED) is 0.354. The molecule has 5 rings (SSSR count). The number of carbonyl (C=O) groups is 2. The number of benzene rings is 2. The van der Waals surface area contributed by atoms with Crippen molar-refractivity contribution in [1.29, 1.82) is 0 Å². The van der Waals surface area contributed by atoms with Crippen LogP contribution >= 0.6 is 11.6 Å². The third kappa shape index (κ3) is 4.07. The highest BCUT2D eigenvalue weighted by Gasteiger charge is 2.27. The molecular weight excluding hydrogens is 482 g/mol. The van der Waals surface area contributed by atoms with Gasteiger partial charge in [-0.3, -0.25) is 19.0 Å². The monoisotopic (exact) mass is 505 g/mol. The third-order valence-corrected chi connectivity index (χ3v) is 6.81. The molecule has 2 aromatic heterocycles. The van der Waals surface area contributed by atoms with E-state index in [-0.39, 0.29) is 23.8 Å². The fourth-order valence-corrected chi connectivity index (χ4v) is 4.64. The fourth-order valence-electron chi connectivity index (χ4n) is 4.51. The molecule has 0 atom stereocenters. The van der Waals surface area contributed by atoms with E-state index in [1.165, 1.54) is 11.7 Å². The topological polar surface area (TPSA) is 94.6 Å². The highest BCUT2D eigenvalue weighted by atomic mass is 35.5. The van der Waals surface area contributed by atoms with Crippen molar-refractivity contribution in [3.05, 3.63) is 80.4 Å². The Morgan fingerprint density at radius 2 is 1.83 bits per heavy atom. The van der Waals surface area contributed by atoms with Crippen molar-refractivity contribution >= 4 is 34.2 Å². The van der Waals surface area contributed by atoms with E-state index in [0.717, 1.165) is 17.5 Å². The maximum absolute atomic E-state index is 13.6. The minimum atomic E-state index is -0.520. The summed E-state index contributed by atoms with van der Waals surface area (Å²) in [6, 6.07) is 11.6. The molecule has 0 unspecified atom stereocenters. The minimum Gasteiger partial charge on any atom is -0.496 e. The van der Waals surface area contributed by atoms with E-state index >= 15 is 0 Å². The number of aromatic nitrogens is 2. The van der Waals surface area contributed by atoms with Gasteiger partial charge in [0.25, 0.3) is 11.5 Å². The molecule has 4 aromatic rings. The number of hydrogen-bond donors (Lipinski definition) is 0. The van der Waals surface area contributed by atoms with Gasteiger partial charge in [0, 0.05) is 40.7 Å². The van der Waals surface area contributed by atoms with Crippen molar-refractivity contribution < 1.29 is 18.8 Å². The average molecular weight is 506 g/mol. The number of pyridine rings is 1. The van der Waals surface area contributed by atoms with Gasteiger partial charge in [0.05, 0.1) is 30.4 Å². The standard InChI is InChI=1S/C27H24ClN3O5/c1-15-25(16(2)36-29-15)20-11-18-12-21(26(33)30-9-4-10-30)27(34)31(22(18)13-24(20)35-3)14-23(32)17-5-7-19(28)8-6-17/h5-8,11-13H,4,9-10,14H2,1-3H3. The van der Waals surface area contributed by atoms with Crippen LogP contribution < -0.4 is 10.3 Å². The van der Waals surface area contributed by atoms with Crippen LogP contribution in [0.4, 0.5) is 0 Å². The highest BCUT2D eigenvalue weighted by molar-refractivity contribution is 6.30. The second-order valence-corrected chi connectivity index (χ2v) is 9.27. The number of aryl methyl sites for hydroxylation is 2. The lowest BCUT2D eigenvalue weighted by Gasteiger charge is -2.31. The lowest BCUT2D eigenvalue weighted by molar-refractivity contribution is 0.0649. The molecule has 2 aromatic carbocycles. The Morgan fingerprint density at radius 3 is 2.42 bits per heavy atom. The van der Waals surface area contributed by atoms with Gasteiger partial charge in [0.1, 0.15) is 17.1 Å². The van der Waals surface area contributed by atoms with Gasteiger partial charge in [-0.25, -0.2) is 0 Å². The van der Waals surface area contributed by atoms with Gasteiger partial charge >= 0.3 is 0 Å². The van der Waals surface area contributed by atoms with Crippen LogP contribution in [-0.2, 0) is 6.54 Å². The molecule has 0 aliphatic carbocycles. The minimum absolute atomic E-state index is 0.0287. The smallest absolute Gasteiger partial charge is 0.264 e. The molecule has 1 aliphatic heterocycles. The number of ketones is 1. The Kier molecular flexibility index (Phi) is 6.14. The molecule has 1 saturated heterocycles. The molecule has 1 amide bonds. The summed E-state index contributed by atoms with van der Waals surface area (Å²) in [5, 5.41) is 5.18. The first-order valence-corrected chi connectivity index (χ1v) is 11.9. The van der Waals surface area contributed by atoms with Crippen LogP contribution in [0, 0.1) is 13.8 Å². The molecule has 1 aliphatic rings. The first kappa shape index (κ1) is 23.8. The maximum atomic E-state index is 13.6. The van der Waals surface area contributed by atoms with Crippen molar-refractivity contribution in [2.45, 2.75) is 26.8 Å². The lowest BCUT2D eigenvalue weighted by atomic mass is 9.99. The lowest BCUT2D eigenvalue weighted by Crippen LogP contribution is -2.44. The van der Waals surface area contributed by atoms with E-state index in [0.29, 0.717) is 51.8 Å². The van der Waals surface area contributed by atoms with Crippen LogP contribution in [0.5, 0.6) is 5.75 Å². The zero-order valence-corrected chi connectivity index (χ0v) is 20.9. The summed E-state index contributed by atoms with van der Waals surface area (Å²) in [6.45, 7) is 4.61. The number of fused-ring (bicyclic) bond motifs is 1. The van der Waals surface area contributed by atoms with Crippen molar-refractivity contribution in [3.8, 4) is 16.9 Å². The summed E-state index contributed by atoms with van der Waals surface area (Å²) in [5.74, 6) is 0.493. The molecule has 0 saturated carbocycles. The van der Waals surface area contributed by atoms with Gasteiger partial charge in [0.2, 0.25) is 0 Å². The summed E-state index contributed by atoms with van der Waals surface area (Å²) >= 11 is 5.96. The normalized spacial score (nSPS) is 13.1. The largest absolute Gasteiger partial charge is 0.496 e. The summed E-state index contributed by atoms with van der Waals surface area (Å²) in [4.78, 5) is 41.5. The predicted octanol–water partition coefficient (Wildman–Crippen LogP) is 4.66. The molecule has 8 nitrogen and oxygen atoms in total. The summed E-state index contributed by atoms with van der Waals surface area (Å²) in [5.41, 5.74) is 2.59. The summed E-state index contributed by atoms with van der Waals surface area (Å²) < 4.78 is 12.4. The molecule has 0 spiro atoms. The summed E-state index contributed by atoms with van der Waals surface area (Å²) in [6.07, 6.45) is 0.899. The number of nitrogens with zero attached hydrogens (tertiary/aromatic N) is 3. The third-order valence-electron chi connectivity index (χ3n) is 6.56. The molecule has 36 heavy (non-hydrogen) atoms. The van der Waals surface area contributed by atoms with E-state index in [4.69, 9.17) is 20.9 Å². The van der Waals surface area contributed by atoms with Crippen molar-refractivity contribution in [1.82, 2.24) is 14.6 Å². The van der Waals surface area contributed by atoms with Crippen LogP contribution in [0.2, 0.25) is 5.02 Å². The van der Waals surface area contributed by atoms with Gasteiger partial charge in [-0.15, -0.1) is 0 Å².